The molecular formula is C39H71N5O14. The molecule has 0 bridgehead atoms. The summed E-state index contributed by atoms with van der Waals surface area (Å²) in [4.78, 5) is 83.2. The van der Waals surface area contributed by atoms with Gasteiger partial charge in [-0.1, -0.05) is 45.4 Å². The van der Waals surface area contributed by atoms with Crippen LogP contribution in [-0.2, 0) is 52.3 Å². The van der Waals surface area contributed by atoms with Gasteiger partial charge in [0.25, 0.3) is 0 Å². The van der Waals surface area contributed by atoms with Crippen molar-refractivity contribution >= 4 is 47.8 Å². The Kier molecular flexibility index (Phi) is 40.1. The fourth-order valence-electron chi connectivity index (χ4n) is 4.40. The average molecular weight is 834 g/mol. The number of ether oxygens (including phenoxy) is 7. The standard InChI is InChI=1S/C22H40N2O7.C17H31N3O7/c1-3-4-9-16-29-20(26)12-13-21(27)30-17-10-11-18-31-22(28)24-15-8-6-5-7-14-23-19(2)25;1-14(18-10-11-24-2)15(21)26-12-13-27-17(23)20-9-7-5-4-6-8-19-16(22)25-3/h3-18H2,1-2H3,(H,23,25)(H,24,28);4-13H2,1-3H3,(H,19,22)(H,20,23). The molecule has 0 aliphatic carbocycles. The van der Waals surface area contributed by atoms with Gasteiger partial charge in [-0.25, -0.2) is 19.2 Å². The first-order valence-corrected chi connectivity index (χ1v) is 20.3. The van der Waals surface area contributed by atoms with Gasteiger partial charge in [0, 0.05) is 40.2 Å². The van der Waals surface area contributed by atoms with Crippen LogP contribution < -0.4 is 21.3 Å². The number of nitrogens with zero attached hydrogens (tertiary/aromatic N) is 1. The van der Waals surface area contributed by atoms with Gasteiger partial charge in [0.2, 0.25) is 5.91 Å². The number of hydrogen-bond acceptors (Lipinski definition) is 15. The monoisotopic (exact) mass is 833 g/mol. The van der Waals surface area contributed by atoms with E-state index < -0.39 is 30.2 Å². The van der Waals surface area contributed by atoms with Gasteiger partial charge >= 0.3 is 36.2 Å². The second-order valence-electron chi connectivity index (χ2n) is 12.8. The van der Waals surface area contributed by atoms with Crippen LogP contribution >= 0.6 is 0 Å². The second kappa shape index (κ2) is 41.9. The summed E-state index contributed by atoms with van der Waals surface area (Å²) in [6.07, 6.45) is 9.95. The first-order valence-electron chi connectivity index (χ1n) is 20.3. The zero-order valence-electron chi connectivity index (χ0n) is 35.5. The summed E-state index contributed by atoms with van der Waals surface area (Å²) in [6, 6.07) is 0. The minimum Gasteiger partial charge on any atom is -0.466 e. The van der Waals surface area contributed by atoms with Crippen molar-refractivity contribution < 1.29 is 66.7 Å². The molecule has 0 atom stereocenters. The number of rotatable bonds is 33. The molecular weight excluding hydrogens is 762 g/mol. The summed E-state index contributed by atoms with van der Waals surface area (Å²) in [5.41, 5.74) is 0.248. The molecule has 0 aromatic heterocycles. The first kappa shape index (κ1) is 55.4. The van der Waals surface area contributed by atoms with Gasteiger partial charge in [0.1, 0.15) is 18.9 Å². The Labute approximate surface area is 344 Å². The van der Waals surface area contributed by atoms with E-state index in [4.69, 9.17) is 28.4 Å². The second-order valence-corrected chi connectivity index (χ2v) is 12.8. The highest BCUT2D eigenvalue weighted by atomic mass is 16.6. The highest BCUT2D eigenvalue weighted by molar-refractivity contribution is 6.35. The van der Waals surface area contributed by atoms with Crippen molar-refractivity contribution in [3.63, 3.8) is 0 Å². The number of alkyl carbamates (subject to hydrolysis) is 3. The van der Waals surface area contributed by atoms with Crippen molar-refractivity contribution in [3.05, 3.63) is 0 Å². The van der Waals surface area contributed by atoms with Crippen molar-refractivity contribution in [2.24, 2.45) is 4.99 Å². The fraction of sp³-hybridized carbons (Fsp3) is 0.795. The zero-order valence-corrected chi connectivity index (χ0v) is 35.5. The van der Waals surface area contributed by atoms with E-state index >= 15 is 0 Å². The van der Waals surface area contributed by atoms with Crippen LogP contribution in [0.4, 0.5) is 14.4 Å². The van der Waals surface area contributed by atoms with Crippen molar-refractivity contribution in [2.45, 2.75) is 117 Å². The third kappa shape index (κ3) is 42.5. The average Bonchev–Trinajstić information content (AvgIpc) is 3.20. The van der Waals surface area contributed by atoms with Gasteiger partial charge in [0.15, 0.2) is 0 Å². The molecule has 0 heterocycles. The van der Waals surface area contributed by atoms with Crippen molar-refractivity contribution in [3.8, 4) is 0 Å². The number of hydrogen-bond donors (Lipinski definition) is 4. The molecule has 0 saturated carbocycles. The lowest BCUT2D eigenvalue weighted by atomic mass is 10.2. The number of amides is 4. The Balaban J connectivity index is 0. The van der Waals surface area contributed by atoms with Gasteiger partial charge in [-0.05, 0) is 51.9 Å². The van der Waals surface area contributed by atoms with Crippen LogP contribution in [0.2, 0.25) is 0 Å². The number of carbonyl (C=O) groups is 7. The Hall–Kier alpha value is -4.68. The van der Waals surface area contributed by atoms with Crippen molar-refractivity contribution in [1.29, 1.82) is 0 Å². The van der Waals surface area contributed by atoms with E-state index in [0.717, 1.165) is 70.6 Å². The first-order chi connectivity index (χ1) is 28.0. The molecule has 0 rings (SSSR count). The summed E-state index contributed by atoms with van der Waals surface area (Å²) in [5, 5.41) is 10.6. The van der Waals surface area contributed by atoms with Gasteiger partial charge in [-0.2, -0.15) is 0 Å². The molecule has 58 heavy (non-hydrogen) atoms. The molecule has 4 N–H and O–H groups in total. The van der Waals surface area contributed by atoms with Crippen LogP contribution in [0.1, 0.15) is 117 Å². The molecule has 19 nitrogen and oxygen atoms in total. The maximum absolute atomic E-state index is 11.6. The number of carbonyl (C=O) groups excluding carboxylic acids is 7. The molecule has 0 unspecified atom stereocenters. The van der Waals surface area contributed by atoms with Gasteiger partial charge < -0.3 is 54.4 Å². The number of methoxy groups -OCH3 is 2. The minimum atomic E-state index is -0.552. The maximum atomic E-state index is 11.6. The maximum Gasteiger partial charge on any atom is 0.407 e. The zero-order chi connectivity index (χ0) is 43.5. The van der Waals surface area contributed by atoms with E-state index in [9.17, 15) is 33.6 Å². The lowest BCUT2D eigenvalue weighted by Gasteiger charge is -2.08. The van der Waals surface area contributed by atoms with E-state index in [0.29, 0.717) is 58.8 Å². The molecule has 0 aromatic rings. The molecule has 0 radical (unpaired) electrons. The van der Waals surface area contributed by atoms with Gasteiger partial charge in [-0.3, -0.25) is 19.4 Å². The lowest BCUT2D eigenvalue weighted by Crippen LogP contribution is -2.27. The molecule has 0 aliphatic heterocycles. The highest BCUT2D eigenvalue weighted by Gasteiger charge is 2.10. The third-order valence-electron chi connectivity index (χ3n) is 7.64. The molecule has 0 fully saturated rings. The lowest BCUT2D eigenvalue weighted by molar-refractivity contribution is -0.150. The largest absolute Gasteiger partial charge is 0.466 e. The number of esters is 3. The number of nitrogens with one attached hydrogen (secondary N) is 4. The van der Waals surface area contributed by atoms with Crippen molar-refractivity contribution in [2.75, 3.05) is 86.6 Å². The molecule has 19 heteroatoms. The topological polar surface area (TPSA) is 245 Å². The molecule has 336 valence electrons. The van der Waals surface area contributed by atoms with Crippen molar-refractivity contribution in [1.82, 2.24) is 21.3 Å². The Morgan fingerprint density at radius 3 is 1.36 bits per heavy atom. The predicted molar refractivity (Wildman–Crippen MR) is 215 cm³/mol. The van der Waals surface area contributed by atoms with Crippen LogP contribution in [0.15, 0.2) is 4.99 Å². The van der Waals surface area contributed by atoms with E-state index in [1.807, 2.05) is 0 Å². The molecule has 4 amide bonds. The summed E-state index contributed by atoms with van der Waals surface area (Å²) in [6.45, 7) is 9.07. The number of unbranched alkanes of at least 4 members (excludes halogenated alkanes) is 9. The molecule has 0 aromatic carbocycles. The summed E-state index contributed by atoms with van der Waals surface area (Å²) in [7, 11) is 2.88. The minimum absolute atomic E-state index is 0.0127. The fourth-order valence-corrected chi connectivity index (χ4v) is 4.40. The van der Waals surface area contributed by atoms with E-state index in [2.05, 4.69) is 37.9 Å². The van der Waals surface area contributed by atoms with Crippen LogP contribution in [-0.4, -0.2) is 134 Å². The smallest absolute Gasteiger partial charge is 0.407 e. The molecule has 0 aliphatic rings. The summed E-state index contributed by atoms with van der Waals surface area (Å²) in [5.74, 6) is -1.37. The van der Waals surface area contributed by atoms with E-state index in [1.165, 1.54) is 14.0 Å². The molecule has 0 saturated heterocycles. The Morgan fingerprint density at radius 2 is 0.897 bits per heavy atom. The summed E-state index contributed by atoms with van der Waals surface area (Å²) < 4.78 is 34.3. The van der Waals surface area contributed by atoms with Crippen LogP contribution in [0, 0.1) is 0 Å². The quantitative estimate of drug-likeness (QED) is 0.0308. The number of aliphatic imine (C=N–C) groups is 1. The Bertz CT molecular complexity index is 1160. The van der Waals surface area contributed by atoms with Gasteiger partial charge in [0.05, 0.1) is 52.9 Å². The molecule has 0 spiro atoms. The van der Waals surface area contributed by atoms with Crippen LogP contribution in [0.5, 0.6) is 0 Å². The summed E-state index contributed by atoms with van der Waals surface area (Å²) >= 11 is 0. The normalized spacial score (nSPS) is 10.5. The predicted octanol–water partition coefficient (Wildman–Crippen LogP) is 4.53. The van der Waals surface area contributed by atoms with E-state index in [1.54, 1.807) is 14.0 Å². The van der Waals surface area contributed by atoms with E-state index in [-0.39, 0.29) is 56.9 Å². The Morgan fingerprint density at radius 1 is 0.466 bits per heavy atom. The highest BCUT2D eigenvalue weighted by Crippen LogP contribution is 2.02. The van der Waals surface area contributed by atoms with Crippen LogP contribution in [0.3, 0.4) is 0 Å². The van der Waals surface area contributed by atoms with Crippen LogP contribution in [0.25, 0.3) is 0 Å². The van der Waals surface area contributed by atoms with Gasteiger partial charge in [-0.15, -0.1) is 0 Å². The SMILES string of the molecule is CCCCCOC(=O)CCC(=O)OCCCCOC(=O)NCCCCCCNC(C)=O.COCCN=C(C)C(=O)OCCOC(=O)NCCCCCCNC(=O)OC. The third-order valence-corrected chi connectivity index (χ3v) is 7.64.